The molecule has 1 atom stereocenters. The maximum absolute atomic E-state index is 12.2. The Morgan fingerprint density at radius 2 is 1.93 bits per heavy atom. The first-order valence-electron chi connectivity index (χ1n) is 5.77. The third kappa shape index (κ3) is 1.78. The van der Waals surface area contributed by atoms with Gasteiger partial charge in [0.05, 0.1) is 5.54 Å². The van der Waals surface area contributed by atoms with Gasteiger partial charge in [-0.1, -0.05) is 0 Å². The average Bonchev–Trinajstić information content (AvgIpc) is 2.70. The molecule has 1 N–H and O–H groups in total. The topological polar surface area (TPSA) is 32.3 Å². The van der Waals surface area contributed by atoms with Gasteiger partial charge in [-0.05, 0) is 45.6 Å². The second kappa shape index (κ2) is 3.89. The molecule has 2 saturated heterocycles. The molecule has 0 saturated carbocycles. The Bertz CT molecular complexity index is 215. The highest BCUT2D eigenvalue weighted by atomic mass is 16.2. The molecule has 14 heavy (non-hydrogen) atoms. The molecule has 0 aromatic carbocycles. The van der Waals surface area contributed by atoms with Crippen LogP contribution in [0.1, 0.15) is 39.0 Å². The molecule has 1 unspecified atom stereocenters. The predicted octanol–water partition coefficient (Wildman–Crippen LogP) is 1.14. The Morgan fingerprint density at radius 1 is 1.21 bits per heavy atom. The Hall–Kier alpha value is -0.570. The van der Waals surface area contributed by atoms with Crippen LogP contribution in [0.25, 0.3) is 0 Å². The monoisotopic (exact) mass is 196 g/mol. The molecule has 1 amide bonds. The number of piperidine rings is 1. The molecule has 80 valence electrons. The predicted molar refractivity (Wildman–Crippen MR) is 56.1 cm³/mol. The van der Waals surface area contributed by atoms with E-state index in [1.807, 2.05) is 4.90 Å². The summed E-state index contributed by atoms with van der Waals surface area (Å²) in [7, 11) is 0. The zero-order chi connectivity index (χ0) is 10.0. The number of carbonyl (C=O) groups is 1. The molecular formula is C11H20N2O. The number of carbonyl (C=O) groups excluding carboxylic acids is 1. The summed E-state index contributed by atoms with van der Waals surface area (Å²) >= 11 is 0. The minimum Gasteiger partial charge on any atom is -0.341 e. The summed E-state index contributed by atoms with van der Waals surface area (Å²) in [4.78, 5) is 14.2. The van der Waals surface area contributed by atoms with E-state index in [-0.39, 0.29) is 5.54 Å². The molecule has 0 aliphatic carbocycles. The molecular weight excluding hydrogens is 176 g/mol. The fourth-order valence-electron chi connectivity index (χ4n) is 2.51. The van der Waals surface area contributed by atoms with Crippen LogP contribution in [0.2, 0.25) is 0 Å². The molecule has 2 aliphatic heterocycles. The van der Waals surface area contributed by atoms with Crippen LogP contribution >= 0.6 is 0 Å². The first-order valence-corrected chi connectivity index (χ1v) is 5.77. The number of amides is 1. The van der Waals surface area contributed by atoms with Crippen LogP contribution in [0, 0.1) is 0 Å². The average molecular weight is 196 g/mol. The lowest BCUT2D eigenvalue weighted by Crippen LogP contribution is -2.57. The molecule has 3 heteroatoms. The minimum absolute atomic E-state index is 0.261. The quantitative estimate of drug-likeness (QED) is 0.682. The van der Waals surface area contributed by atoms with Crippen molar-refractivity contribution >= 4 is 5.91 Å². The lowest BCUT2D eigenvalue weighted by atomic mass is 9.89. The lowest BCUT2D eigenvalue weighted by Gasteiger charge is -2.36. The van der Waals surface area contributed by atoms with Gasteiger partial charge in [-0.15, -0.1) is 0 Å². The molecule has 0 radical (unpaired) electrons. The molecule has 2 rings (SSSR count). The normalized spacial score (nSPS) is 33.4. The van der Waals surface area contributed by atoms with Crippen LogP contribution in [0.5, 0.6) is 0 Å². The second-order valence-electron chi connectivity index (χ2n) is 4.72. The van der Waals surface area contributed by atoms with Crippen molar-refractivity contribution in [1.29, 1.82) is 0 Å². The highest BCUT2D eigenvalue weighted by Crippen LogP contribution is 2.23. The number of rotatable bonds is 1. The first-order chi connectivity index (χ1) is 6.72. The van der Waals surface area contributed by atoms with Crippen LogP contribution in [0.4, 0.5) is 0 Å². The summed E-state index contributed by atoms with van der Waals surface area (Å²) in [5.41, 5.74) is -0.261. The van der Waals surface area contributed by atoms with E-state index in [2.05, 4.69) is 12.2 Å². The van der Waals surface area contributed by atoms with Gasteiger partial charge in [0.2, 0.25) is 5.91 Å². The van der Waals surface area contributed by atoms with Crippen molar-refractivity contribution in [2.24, 2.45) is 0 Å². The van der Waals surface area contributed by atoms with E-state index in [4.69, 9.17) is 0 Å². The fraction of sp³-hybridized carbons (Fsp3) is 0.909. The standard InChI is InChI=1S/C11H20N2O/c1-11(6-2-3-7-12-11)10(14)13-8-4-5-9-13/h12H,2-9H2,1H3. The number of nitrogens with zero attached hydrogens (tertiary/aromatic N) is 1. The molecule has 2 aliphatic rings. The van der Waals surface area contributed by atoms with Gasteiger partial charge in [-0.2, -0.15) is 0 Å². The summed E-state index contributed by atoms with van der Waals surface area (Å²) in [6.45, 7) is 5.00. The van der Waals surface area contributed by atoms with Gasteiger partial charge in [-0.3, -0.25) is 4.79 Å². The van der Waals surface area contributed by atoms with Crippen LogP contribution in [-0.2, 0) is 4.79 Å². The van der Waals surface area contributed by atoms with Gasteiger partial charge in [0.25, 0.3) is 0 Å². The van der Waals surface area contributed by atoms with Crippen LogP contribution in [0.15, 0.2) is 0 Å². The van der Waals surface area contributed by atoms with Crippen LogP contribution < -0.4 is 5.32 Å². The first kappa shape index (κ1) is 9.97. The highest BCUT2D eigenvalue weighted by Gasteiger charge is 2.37. The largest absolute Gasteiger partial charge is 0.341 e. The molecule has 2 fully saturated rings. The summed E-state index contributed by atoms with van der Waals surface area (Å²) in [5.74, 6) is 0.328. The molecule has 0 bridgehead atoms. The molecule has 0 aromatic rings. The van der Waals surface area contributed by atoms with Gasteiger partial charge in [0.15, 0.2) is 0 Å². The summed E-state index contributed by atoms with van der Waals surface area (Å²) < 4.78 is 0. The van der Waals surface area contributed by atoms with E-state index in [0.717, 1.165) is 26.1 Å². The SMILES string of the molecule is CC1(C(=O)N2CCCC2)CCCCN1. The van der Waals surface area contributed by atoms with Gasteiger partial charge < -0.3 is 10.2 Å². The van der Waals surface area contributed by atoms with Crippen molar-refractivity contribution in [3.63, 3.8) is 0 Å². The maximum Gasteiger partial charge on any atom is 0.242 e. The van der Waals surface area contributed by atoms with E-state index >= 15 is 0 Å². The van der Waals surface area contributed by atoms with Crippen LogP contribution in [0.3, 0.4) is 0 Å². The smallest absolute Gasteiger partial charge is 0.242 e. The highest BCUT2D eigenvalue weighted by molar-refractivity contribution is 5.86. The summed E-state index contributed by atoms with van der Waals surface area (Å²) in [6.07, 6.45) is 5.76. The van der Waals surface area contributed by atoms with E-state index in [0.29, 0.717) is 5.91 Å². The number of hydrogen-bond acceptors (Lipinski definition) is 2. The van der Waals surface area contributed by atoms with Gasteiger partial charge in [0, 0.05) is 13.1 Å². The van der Waals surface area contributed by atoms with Crippen molar-refractivity contribution in [2.75, 3.05) is 19.6 Å². The Labute approximate surface area is 85.8 Å². The zero-order valence-corrected chi connectivity index (χ0v) is 9.01. The Kier molecular flexibility index (Phi) is 2.77. The summed E-state index contributed by atoms with van der Waals surface area (Å²) in [6, 6.07) is 0. The third-order valence-electron chi connectivity index (χ3n) is 3.48. The van der Waals surface area contributed by atoms with Crippen molar-refractivity contribution in [2.45, 2.75) is 44.6 Å². The number of nitrogens with one attached hydrogen (secondary N) is 1. The molecule has 0 aromatic heterocycles. The van der Waals surface area contributed by atoms with Crippen molar-refractivity contribution in [1.82, 2.24) is 10.2 Å². The van der Waals surface area contributed by atoms with Crippen molar-refractivity contribution in [3.05, 3.63) is 0 Å². The van der Waals surface area contributed by atoms with Crippen molar-refractivity contribution < 1.29 is 4.79 Å². The van der Waals surface area contributed by atoms with Crippen LogP contribution in [-0.4, -0.2) is 36.0 Å². The fourth-order valence-corrected chi connectivity index (χ4v) is 2.51. The Balaban J connectivity index is 2.00. The minimum atomic E-state index is -0.261. The molecule has 3 nitrogen and oxygen atoms in total. The second-order valence-corrected chi connectivity index (χ2v) is 4.72. The van der Waals surface area contributed by atoms with E-state index in [1.54, 1.807) is 0 Å². The van der Waals surface area contributed by atoms with E-state index in [9.17, 15) is 4.79 Å². The maximum atomic E-state index is 12.2. The lowest BCUT2D eigenvalue weighted by molar-refractivity contribution is -0.137. The van der Waals surface area contributed by atoms with Gasteiger partial charge in [0.1, 0.15) is 0 Å². The van der Waals surface area contributed by atoms with Gasteiger partial charge in [-0.25, -0.2) is 0 Å². The van der Waals surface area contributed by atoms with Gasteiger partial charge >= 0.3 is 0 Å². The zero-order valence-electron chi connectivity index (χ0n) is 9.01. The molecule has 0 spiro atoms. The Morgan fingerprint density at radius 3 is 2.50 bits per heavy atom. The number of hydrogen-bond donors (Lipinski definition) is 1. The van der Waals surface area contributed by atoms with E-state index < -0.39 is 0 Å². The van der Waals surface area contributed by atoms with E-state index in [1.165, 1.54) is 25.7 Å². The van der Waals surface area contributed by atoms with Crippen molar-refractivity contribution in [3.8, 4) is 0 Å². The molecule has 2 heterocycles. The number of likely N-dealkylation sites (tertiary alicyclic amines) is 1. The summed E-state index contributed by atoms with van der Waals surface area (Å²) in [5, 5.41) is 3.38. The third-order valence-corrected chi connectivity index (χ3v) is 3.48.